The lowest BCUT2D eigenvalue weighted by Gasteiger charge is -2.10. The number of phenols is 1. The van der Waals surface area contributed by atoms with E-state index in [0.29, 0.717) is 18.6 Å². The smallest absolute Gasteiger partial charge is 0.122 e. The number of allylic oxidation sites excluding steroid dienone is 4. The van der Waals surface area contributed by atoms with E-state index >= 15 is 0 Å². The van der Waals surface area contributed by atoms with Crippen LogP contribution in [0.25, 0.3) is 0 Å². The van der Waals surface area contributed by atoms with Crippen LogP contribution in [0.4, 0.5) is 0 Å². The molecule has 0 amide bonds. The summed E-state index contributed by atoms with van der Waals surface area (Å²) >= 11 is 0. The lowest BCUT2D eigenvalue weighted by atomic mass is 9.98. The maximum atomic E-state index is 10.1. The van der Waals surface area contributed by atoms with Gasteiger partial charge in [-0.3, -0.25) is 0 Å². The van der Waals surface area contributed by atoms with E-state index in [1.54, 1.807) is 0 Å². The molecule has 0 fully saturated rings. The second kappa shape index (κ2) is 6.74. The molecule has 1 heteroatoms. The van der Waals surface area contributed by atoms with Crippen LogP contribution in [0, 0.1) is 0 Å². The summed E-state index contributed by atoms with van der Waals surface area (Å²) in [6.45, 7) is 9.45. The Morgan fingerprint density at radius 2 is 1.59 bits per heavy atom. The third kappa shape index (κ3) is 3.63. The molecule has 90 valence electrons. The number of rotatable bonds is 6. The second-order valence-electron chi connectivity index (χ2n) is 4.02. The summed E-state index contributed by atoms with van der Waals surface area (Å²) in [6, 6.07) is 4.09. The summed E-state index contributed by atoms with van der Waals surface area (Å²) in [4.78, 5) is 0. The molecule has 0 heterocycles. The molecular weight excluding hydrogens is 208 g/mol. The van der Waals surface area contributed by atoms with Crippen LogP contribution in [-0.2, 0) is 19.3 Å². The molecule has 0 aliphatic carbocycles. The van der Waals surface area contributed by atoms with Gasteiger partial charge in [-0.25, -0.2) is 0 Å². The third-order valence-corrected chi connectivity index (χ3v) is 2.65. The van der Waals surface area contributed by atoms with E-state index in [1.165, 1.54) is 5.56 Å². The first-order valence-electron chi connectivity index (χ1n) is 5.89. The molecule has 0 unspecified atom stereocenters. The highest BCUT2D eigenvalue weighted by Gasteiger charge is 2.07. The highest BCUT2D eigenvalue weighted by molar-refractivity contribution is 5.46. The fourth-order valence-corrected chi connectivity index (χ4v) is 1.83. The topological polar surface area (TPSA) is 20.2 Å². The molecule has 1 nitrogen and oxygen atoms in total. The molecule has 0 spiro atoms. The lowest BCUT2D eigenvalue weighted by molar-refractivity contribution is 0.464. The van der Waals surface area contributed by atoms with E-state index in [2.05, 4.69) is 19.2 Å². The fraction of sp³-hybridized carbons (Fsp3) is 0.250. The number of phenolic OH excluding ortho intramolecular Hbond substituents is 1. The van der Waals surface area contributed by atoms with Crippen molar-refractivity contribution in [1.29, 1.82) is 0 Å². The quantitative estimate of drug-likeness (QED) is 0.730. The molecular formula is C16H20O. The van der Waals surface area contributed by atoms with E-state index in [1.807, 2.05) is 37.3 Å². The Morgan fingerprint density at radius 1 is 1.06 bits per heavy atom. The molecule has 0 aliphatic heterocycles. The molecule has 17 heavy (non-hydrogen) atoms. The van der Waals surface area contributed by atoms with Gasteiger partial charge in [-0.2, -0.15) is 0 Å². The van der Waals surface area contributed by atoms with Gasteiger partial charge in [-0.15, -0.1) is 13.2 Å². The van der Waals surface area contributed by atoms with Gasteiger partial charge in [0.2, 0.25) is 0 Å². The Kier molecular flexibility index (Phi) is 5.28. The van der Waals surface area contributed by atoms with E-state index in [0.717, 1.165) is 17.5 Å². The molecule has 0 aliphatic rings. The van der Waals surface area contributed by atoms with Gasteiger partial charge in [0.05, 0.1) is 0 Å². The number of hydrogen-bond donors (Lipinski definition) is 1. The van der Waals surface area contributed by atoms with Crippen molar-refractivity contribution >= 4 is 0 Å². The predicted octanol–water partition coefficient (Wildman–Crippen LogP) is 3.97. The van der Waals surface area contributed by atoms with E-state index in [-0.39, 0.29) is 0 Å². The number of hydrogen-bond acceptors (Lipinski definition) is 1. The molecule has 0 bridgehead atoms. The molecule has 0 aromatic heterocycles. The van der Waals surface area contributed by atoms with Gasteiger partial charge >= 0.3 is 0 Å². The van der Waals surface area contributed by atoms with Crippen molar-refractivity contribution < 1.29 is 5.11 Å². The Labute approximate surface area is 104 Å². The van der Waals surface area contributed by atoms with Gasteiger partial charge in [0.25, 0.3) is 0 Å². The molecule has 0 saturated carbocycles. The summed E-state index contributed by atoms with van der Waals surface area (Å²) in [7, 11) is 0. The monoisotopic (exact) mass is 228 g/mol. The third-order valence-electron chi connectivity index (χ3n) is 2.65. The Bertz CT molecular complexity index is 396. The second-order valence-corrected chi connectivity index (χ2v) is 4.02. The van der Waals surface area contributed by atoms with Crippen LogP contribution in [-0.4, -0.2) is 5.11 Å². The summed E-state index contributed by atoms with van der Waals surface area (Å²) in [6.07, 6.45) is 10.1. The minimum atomic E-state index is 0.383. The normalized spacial score (nSPS) is 10.6. The molecule has 0 saturated heterocycles. The van der Waals surface area contributed by atoms with Crippen molar-refractivity contribution in [2.45, 2.75) is 26.2 Å². The highest BCUT2D eigenvalue weighted by atomic mass is 16.3. The first kappa shape index (κ1) is 13.3. The van der Waals surface area contributed by atoms with Crippen LogP contribution < -0.4 is 0 Å². The molecule has 1 aromatic rings. The van der Waals surface area contributed by atoms with Crippen LogP contribution in [0.3, 0.4) is 0 Å². The van der Waals surface area contributed by atoms with E-state index in [4.69, 9.17) is 0 Å². The SMILES string of the molecule is C=CCc1cc(CC=CC)cc(CC=C)c1O. The zero-order valence-corrected chi connectivity index (χ0v) is 10.4. The van der Waals surface area contributed by atoms with Gasteiger partial charge in [-0.1, -0.05) is 36.4 Å². The Balaban J connectivity index is 3.14. The molecule has 1 aromatic carbocycles. The zero-order chi connectivity index (χ0) is 12.7. The fourth-order valence-electron chi connectivity index (χ4n) is 1.83. The summed E-state index contributed by atoms with van der Waals surface area (Å²) < 4.78 is 0. The molecule has 1 rings (SSSR count). The van der Waals surface area contributed by atoms with Crippen molar-refractivity contribution in [3.8, 4) is 5.75 Å². The first-order chi connectivity index (χ1) is 8.22. The largest absolute Gasteiger partial charge is 0.507 e. The van der Waals surface area contributed by atoms with Gasteiger partial charge < -0.3 is 5.11 Å². The first-order valence-corrected chi connectivity index (χ1v) is 5.89. The minimum absolute atomic E-state index is 0.383. The van der Waals surface area contributed by atoms with E-state index < -0.39 is 0 Å². The summed E-state index contributed by atoms with van der Waals surface area (Å²) in [5.74, 6) is 0.383. The maximum absolute atomic E-state index is 10.1. The van der Waals surface area contributed by atoms with Gasteiger partial charge in [0.1, 0.15) is 5.75 Å². The van der Waals surface area contributed by atoms with Crippen molar-refractivity contribution in [1.82, 2.24) is 0 Å². The van der Waals surface area contributed by atoms with Crippen LogP contribution in [0.2, 0.25) is 0 Å². The average Bonchev–Trinajstić information content (AvgIpc) is 2.32. The standard InChI is InChI=1S/C16H20O/c1-4-7-10-13-11-14(8-5-2)16(17)15(12-13)9-6-3/h4-7,11-12,17H,2-3,8-10H2,1H3. The molecule has 1 N–H and O–H groups in total. The van der Waals surface area contributed by atoms with Crippen LogP contribution >= 0.6 is 0 Å². The molecule has 0 radical (unpaired) electrons. The van der Waals surface area contributed by atoms with Crippen LogP contribution in [0.1, 0.15) is 23.6 Å². The Hall–Kier alpha value is -1.76. The minimum Gasteiger partial charge on any atom is -0.507 e. The summed E-state index contributed by atoms with van der Waals surface area (Å²) in [5, 5.41) is 10.1. The van der Waals surface area contributed by atoms with E-state index in [9.17, 15) is 5.11 Å². The average molecular weight is 228 g/mol. The van der Waals surface area contributed by atoms with Gasteiger partial charge in [0.15, 0.2) is 0 Å². The zero-order valence-electron chi connectivity index (χ0n) is 10.4. The van der Waals surface area contributed by atoms with Crippen LogP contribution in [0.5, 0.6) is 5.75 Å². The van der Waals surface area contributed by atoms with Crippen molar-refractivity contribution in [3.63, 3.8) is 0 Å². The predicted molar refractivity (Wildman–Crippen MR) is 74.4 cm³/mol. The van der Waals surface area contributed by atoms with Gasteiger partial charge in [-0.05, 0) is 42.9 Å². The van der Waals surface area contributed by atoms with Crippen molar-refractivity contribution in [2.75, 3.05) is 0 Å². The van der Waals surface area contributed by atoms with Crippen molar-refractivity contribution in [2.24, 2.45) is 0 Å². The van der Waals surface area contributed by atoms with Gasteiger partial charge in [0, 0.05) is 0 Å². The maximum Gasteiger partial charge on any atom is 0.122 e. The highest BCUT2D eigenvalue weighted by Crippen LogP contribution is 2.26. The summed E-state index contributed by atoms with van der Waals surface area (Å²) in [5.41, 5.74) is 3.10. The van der Waals surface area contributed by atoms with Crippen LogP contribution in [0.15, 0.2) is 49.6 Å². The Morgan fingerprint density at radius 3 is 2.00 bits per heavy atom. The van der Waals surface area contributed by atoms with Crippen molar-refractivity contribution in [3.05, 3.63) is 66.3 Å². The molecule has 0 atom stereocenters. The number of aromatic hydroxyl groups is 1. The number of benzene rings is 1. The lowest BCUT2D eigenvalue weighted by Crippen LogP contribution is -1.93.